The Balaban J connectivity index is 1.50. The van der Waals surface area contributed by atoms with Crippen molar-refractivity contribution in [3.8, 4) is 0 Å². The van der Waals surface area contributed by atoms with E-state index in [9.17, 15) is 9.90 Å². The zero-order chi connectivity index (χ0) is 20.0. The van der Waals surface area contributed by atoms with Crippen molar-refractivity contribution in [2.24, 2.45) is 0 Å². The van der Waals surface area contributed by atoms with Gasteiger partial charge in [-0.25, -0.2) is 0 Å². The third-order valence-electron chi connectivity index (χ3n) is 5.53. The molecule has 2 heterocycles. The molecule has 5 heteroatoms. The molecule has 0 saturated carbocycles. The van der Waals surface area contributed by atoms with Crippen molar-refractivity contribution < 1.29 is 9.90 Å². The molecule has 0 radical (unpaired) electrons. The average molecular weight is 382 g/mol. The highest BCUT2D eigenvalue weighted by molar-refractivity contribution is 5.86. The largest absolute Gasteiger partial charge is 0.379 e. The fourth-order valence-electron chi connectivity index (χ4n) is 3.88. The SMILES string of the molecule is Cc1cc(C)c(CNC[C@@]2(O)CCCN(CCCc3ccccc3)C2=O)cn1. The highest BCUT2D eigenvalue weighted by Crippen LogP contribution is 2.23. The topological polar surface area (TPSA) is 65.5 Å². The molecule has 0 bridgehead atoms. The van der Waals surface area contributed by atoms with E-state index in [4.69, 9.17) is 0 Å². The van der Waals surface area contributed by atoms with Crippen molar-refractivity contribution in [3.63, 3.8) is 0 Å². The van der Waals surface area contributed by atoms with Crippen LogP contribution < -0.4 is 5.32 Å². The molecule has 1 atom stereocenters. The summed E-state index contributed by atoms with van der Waals surface area (Å²) in [5.74, 6) is -0.141. The van der Waals surface area contributed by atoms with Crippen molar-refractivity contribution in [1.82, 2.24) is 15.2 Å². The third kappa shape index (κ3) is 5.18. The predicted molar refractivity (Wildman–Crippen MR) is 111 cm³/mol. The van der Waals surface area contributed by atoms with Gasteiger partial charge in [0.25, 0.3) is 5.91 Å². The Morgan fingerprint density at radius 2 is 2.04 bits per heavy atom. The number of aromatic nitrogens is 1. The maximum Gasteiger partial charge on any atom is 0.255 e. The Kier molecular flexibility index (Phi) is 6.81. The Labute approximate surface area is 167 Å². The first kappa shape index (κ1) is 20.5. The molecule has 1 aromatic heterocycles. The number of piperidine rings is 1. The van der Waals surface area contributed by atoms with Crippen molar-refractivity contribution >= 4 is 5.91 Å². The van der Waals surface area contributed by atoms with Crippen molar-refractivity contribution in [1.29, 1.82) is 0 Å². The lowest BCUT2D eigenvalue weighted by molar-refractivity contribution is -0.156. The van der Waals surface area contributed by atoms with Crippen LogP contribution in [0.2, 0.25) is 0 Å². The van der Waals surface area contributed by atoms with Crippen molar-refractivity contribution in [2.45, 2.75) is 51.7 Å². The molecule has 0 aliphatic carbocycles. The van der Waals surface area contributed by atoms with Gasteiger partial charge in [0.1, 0.15) is 0 Å². The number of pyridine rings is 1. The molecule has 1 aromatic carbocycles. The van der Waals surface area contributed by atoms with Gasteiger partial charge in [-0.15, -0.1) is 0 Å². The van der Waals surface area contributed by atoms with Crippen LogP contribution in [-0.2, 0) is 17.8 Å². The number of hydrogen-bond acceptors (Lipinski definition) is 4. The molecule has 150 valence electrons. The summed E-state index contributed by atoms with van der Waals surface area (Å²) in [5, 5.41) is 14.2. The Bertz CT molecular complexity index is 794. The lowest BCUT2D eigenvalue weighted by Gasteiger charge is -2.38. The number of benzene rings is 1. The van der Waals surface area contributed by atoms with Gasteiger partial charge in [-0.3, -0.25) is 9.78 Å². The molecule has 0 unspecified atom stereocenters. The molecular formula is C23H31N3O2. The van der Waals surface area contributed by atoms with E-state index in [1.165, 1.54) is 11.1 Å². The molecule has 1 saturated heterocycles. The summed E-state index contributed by atoms with van der Waals surface area (Å²) in [6.07, 6.45) is 5.06. The van der Waals surface area contributed by atoms with E-state index in [-0.39, 0.29) is 12.5 Å². The zero-order valence-electron chi connectivity index (χ0n) is 16.9. The Morgan fingerprint density at radius 1 is 1.25 bits per heavy atom. The van der Waals surface area contributed by atoms with Crippen LogP contribution in [0.25, 0.3) is 0 Å². The minimum atomic E-state index is -1.31. The number of likely N-dealkylation sites (tertiary alicyclic amines) is 1. The first-order valence-electron chi connectivity index (χ1n) is 10.2. The van der Waals surface area contributed by atoms with E-state index < -0.39 is 5.60 Å². The van der Waals surface area contributed by atoms with E-state index in [1.54, 1.807) is 0 Å². The minimum Gasteiger partial charge on any atom is -0.379 e. The lowest BCUT2D eigenvalue weighted by Crippen LogP contribution is -2.58. The predicted octanol–water partition coefficient (Wildman–Crippen LogP) is 2.77. The lowest BCUT2D eigenvalue weighted by atomic mass is 9.91. The first-order valence-corrected chi connectivity index (χ1v) is 10.2. The van der Waals surface area contributed by atoms with Crippen LogP contribution in [-0.4, -0.2) is 46.1 Å². The maximum absolute atomic E-state index is 12.9. The van der Waals surface area contributed by atoms with E-state index in [0.29, 0.717) is 19.5 Å². The molecule has 5 nitrogen and oxygen atoms in total. The van der Waals surface area contributed by atoms with E-state index >= 15 is 0 Å². The summed E-state index contributed by atoms with van der Waals surface area (Å²) < 4.78 is 0. The molecule has 28 heavy (non-hydrogen) atoms. The smallest absolute Gasteiger partial charge is 0.255 e. The zero-order valence-corrected chi connectivity index (χ0v) is 16.9. The molecule has 1 amide bonds. The summed E-state index contributed by atoms with van der Waals surface area (Å²) in [6, 6.07) is 12.4. The summed E-state index contributed by atoms with van der Waals surface area (Å²) in [7, 11) is 0. The number of nitrogens with one attached hydrogen (secondary N) is 1. The van der Waals surface area contributed by atoms with Crippen LogP contribution >= 0.6 is 0 Å². The molecule has 1 fully saturated rings. The van der Waals surface area contributed by atoms with E-state index in [1.807, 2.05) is 42.3 Å². The molecule has 3 rings (SSSR count). The summed E-state index contributed by atoms with van der Waals surface area (Å²) in [4.78, 5) is 19.0. The quantitative estimate of drug-likeness (QED) is 0.738. The number of aliphatic hydroxyl groups is 1. The fourth-order valence-corrected chi connectivity index (χ4v) is 3.88. The second-order valence-electron chi connectivity index (χ2n) is 7.87. The molecule has 2 N–H and O–H groups in total. The maximum atomic E-state index is 12.9. The molecule has 1 aliphatic heterocycles. The number of carbonyl (C=O) groups is 1. The normalized spacial score (nSPS) is 19.8. The highest BCUT2D eigenvalue weighted by atomic mass is 16.3. The van der Waals surface area contributed by atoms with Gasteiger partial charge in [-0.05, 0) is 62.3 Å². The summed E-state index contributed by atoms with van der Waals surface area (Å²) >= 11 is 0. The minimum absolute atomic E-state index is 0.141. The third-order valence-corrected chi connectivity index (χ3v) is 5.53. The molecular weight excluding hydrogens is 350 g/mol. The second-order valence-corrected chi connectivity index (χ2v) is 7.87. The number of aryl methyl sites for hydroxylation is 3. The number of amides is 1. The second kappa shape index (κ2) is 9.30. The Morgan fingerprint density at radius 3 is 2.79 bits per heavy atom. The van der Waals surface area contributed by atoms with Gasteiger partial charge < -0.3 is 15.3 Å². The van der Waals surface area contributed by atoms with Crippen molar-refractivity contribution in [2.75, 3.05) is 19.6 Å². The van der Waals surface area contributed by atoms with Crippen LogP contribution in [0.15, 0.2) is 42.6 Å². The van der Waals surface area contributed by atoms with Gasteiger partial charge in [0.05, 0.1) is 0 Å². The van der Waals surface area contributed by atoms with Gasteiger partial charge in [0, 0.05) is 38.1 Å². The van der Waals surface area contributed by atoms with Gasteiger partial charge in [-0.1, -0.05) is 30.3 Å². The van der Waals surface area contributed by atoms with Crippen LogP contribution in [0.4, 0.5) is 0 Å². The number of nitrogens with zero attached hydrogens (tertiary/aromatic N) is 2. The van der Waals surface area contributed by atoms with E-state index in [0.717, 1.165) is 37.1 Å². The number of hydrogen-bond donors (Lipinski definition) is 2. The number of carbonyl (C=O) groups excluding carboxylic acids is 1. The van der Waals surface area contributed by atoms with Gasteiger partial charge >= 0.3 is 0 Å². The Hall–Kier alpha value is -2.24. The van der Waals surface area contributed by atoms with E-state index in [2.05, 4.69) is 29.4 Å². The van der Waals surface area contributed by atoms with Gasteiger partial charge in [0.2, 0.25) is 0 Å². The first-order chi connectivity index (χ1) is 13.5. The van der Waals surface area contributed by atoms with Crippen LogP contribution in [0, 0.1) is 13.8 Å². The number of rotatable bonds is 8. The summed E-state index contributed by atoms with van der Waals surface area (Å²) in [6.45, 7) is 6.33. The molecule has 1 aliphatic rings. The molecule has 2 aromatic rings. The highest BCUT2D eigenvalue weighted by Gasteiger charge is 2.41. The average Bonchev–Trinajstić information content (AvgIpc) is 2.68. The fraction of sp³-hybridized carbons (Fsp3) is 0.478. The van der Waals surface area contributed by atoms with Gasteiger partial charge in [0.15, 0.2) is 5.60 Å². The summed E-state index contributed by atoms with van der Waals surface area (Å²) in [5.41, 5.74) is 3.23. The monoisotopic (exact) mass is 381 g/mol. The van der Waals surface area contributed by atoms with Crippen LogP contribution in [0.5, 0.6) is 0 Å². The van der Waals surface area contributed by atoms with Crippen molar-refractivity contribution in [3.05, 3.63) is 65.0 Å². The molecule has 0 spiro atoms. The standard InChI is InChI=1S/C23H31N3O2/c1-18-14-19(2)25-16-21(18)15-24-17-23(28)11-7-13-26(22(23)27)12-6-10-20-8-4-3-5-9-20/h3-5,8-9,14,16,24,28H,6-7,10-13,15,17H2,1-2H3/t23-/m0/s1. The van der Waals surface area contributed by atoms with Crippen LogP contribution in [0.3, 0.4) is 0 Å². The van der Waals surface area contributed by atoms with Gasteiger partial charge in [-0.2, -0.15) is 0 Å². The van der Waals surface area contributed by atoms with Crippen LogP contribution in [0.1, 0.15) is 41.6 Å².